The van der Waals surface area contributed by atoms with Gasteiger partial charge in [0.2, 0.25) is 0 Å². The van der Waals surface area contributed by atoms with Crippen molar-refractivity contribution >= 4 is 10.9 Å². The van der Waals surface area contributed by atoms with Gasteiger partial charge >= 0.3 is 6.18 Å². The minimum Gasteiger partial charge on any atom is -0.338 e. The van der Waals surface area contributed by atoms with Gasteiger partial charge in [-0.2, -0.15) is 13.2 Å². The Labute approximate surface area is 91.5 Å². The minimum absolute atomic E-state index is 0.650. The van der Waals surface area contributed by atoms with Crippen molar-refractivity contribution < 1.29 is 13.2 Å². The molecule has 1 aromatic carbocycles. The molecule has 0 unspecified atom stereocenters. The summed E-state index contributed by atoms with van der Waals surface area (Å²) in [5.41, 5.74) is 1.61. The van der Waals surface area contributed by atoms with Gasteiger partial charge in [0, 0.05) is 17.1 Å². The fourth-order valence-corrected chi connectivity index (χ4v) is 1.93. The first-order chi connectivity index (χ1) is 7.51. The van der Waals surface area contributed by atoms with E-state index in [-0.39, 0.29) is 0 Å². The molecule has 0 aliphatic carbocycles. The van der Waals surface area contributed by atoms with Crippen molar-refractivity contribution in [3.63, 3.8) is 0 Å². The molecule has 0 fully saturated rings. The summed E-state index contributed by atoms with van der Waals surface area (Å²) in [6, 6.07) is 7.19. The zero-order valence-electron chi connectivity index (χ0n) is 8.88. The van der Waals surface area contributed by atoms with Gasteiger partial charge in [-0.3, -0.25) is 0 Å². The van der Waals surface area contributed by atoms with Crippen molar-refractivity contribution in [2.45, 2.75) is 26.1 Å². The van der Waals surface area contributed by atoms with E-state index < -0.39 is 12.7 Å². The highest BCUT2D eigenvalue weighted by Crippen LogP contribution is 2.25. The molecule has 0 bridgehead atoms. The third kappa shape index (κ3) is 2.05. The Hall–Kier alpha value is -1.45. The molecule has 86 valence electrons. The lowest BCUT2D eigenvalue weighted by atomic mass is 10.1. The first kappa shape index (κ1) is 11.0. The number of para-hydroxylation sites is 1. The number of aromatic nitrogens is 1. The first-order valence-corrected chi connectivity index (χ1v) is 5.15. The van der Waals surface area contributed by atoms with Gasteiger partial charge in [0.05, 0.1) is 0 Å². The van der Waals surface area contributed by atoms with Crippen LogP contribution in [-0.4, -0.2) is 10.7 Å². The Morgan fingerprint density at radius 3 is 2.50 bits per heavy atom. The average Bonchev–Trinajstić information content (AvgIpc) is 2.55. The van der Waals surface area contributed by atoms with Crippen LogP contribution < -0.4 is 0 Å². The van der Waals surface area contributed by atoms with E-state index >= 15 is 0 Å². The highest BCUT2D eigenvalue weighted by Gasteiger charge is 2.28. The predicted octanol–water partition coefficient (Wildman–Crippen LogP) is 3.77. The Morgan fingerprint density at radius 2 is 1.88 bits per heavy atom. The number of halogens is 3. The van der Waals surface area contributed by atoms with Gasteiger partial charge in [0.15, 0.2) is 0 Å². The van der Waals surface area contributed by atoms with E-state index in [0.717, 1.165) is 17.4 Å². The van der Waals surface area contributed by atoms with Gasteiger partial charge in [0.25, 0.3) is 0 Å². The van der Waals surface area contributed by atoms with Crippen LogP contribution in [0, 0.1) is 0 Å². The van der Waals surface area contributed by atoms with Crippen molar-refractivity contribution in [1.29, 1.82) is 0 Å². The highest BCUT2D eigenvalue weighted by atomic mass is 19.4. The number of hydrogen-bond acceptors (Lipinski definition) is 0. The van der Waals surface area contributed by atoms with Gasteiger partial charge in [-0.05, 0) is 18.1 Å². The fraction of sp³-hybridized carbons (Fsp3) is 0.333. The second-order valence-electron chi connectivity index (χ2n) is 3.77. The molecule has 0 N–H and O–H groups in total. The van der Waals surface area contributed by atoms with Crippen molar-refractivity contribution in [3.8, 4) is 0 Å². The van der Waals surface area contributed by atoms with Crippen molar-refractivity contribution in [1.82, 2.24) is 4.57 Å². The molecule has 1 heterocycles. The third-order valence-electron chi connectivity index (χ3n) is 2.60. The molecule has 0 atom stereocenters. The highest BCUT2D eigenvalue weighted by molar-refractivity contribution is 5.83. The van der Waals surface area contributed by atoms with E-state index in [9.17, 15) is 13.2 Å². The first-order valence-electron chi connectivity index (χ1n) is 5.15. The summed E-state index contributed by atoms with van der Waals surface area (Å²) >= 11 is 0. The topological polar surface area (TPSA) is 4.93 Å². The van der Waals surface area contributed by atoms with E-state index in [1.165, 1.54) is 4.57 Å². The molecule has 4 heteroatoms. The van der Waals surface area contributed by atoms with E-state index in [4.69, 9.17) is 0 Å². The third-order valence-corrected chi connectivity index (χ3v) is 2.60. The molecular weight excluding hydrogens is 215 g/mol. The summed E-state index contributed by atoms with van der Waals surface area (Å²) in [5.74, 6) is 0. The Balaban J connectivity index is 2.53. The van der Waals surface area contributed by atoms with Gasteiger partial charge in [0.1, 0.15) is 6.54 Å². The van der Waals surface area contributed by atoms with Crippen molar-refractivity contribution in [2.24, 2.45) is 0 Å². The van der Waals surface area contributed by atoms with Crippen LogP contribution in [0.15, 0.2) is 30.5 Å². The molecule has 0 aliphatic heterocycles. The monoisotopic (exact) mass is 227 g/mol. The van der Waals surface area contributed by atoms with Gasteiger partial charge < -0.3 is 4.57 Å². The lowest BCUT2D eigenvalue weighted by molar-refractivity contribution is -0.139. The van der Waals surface area contributed by atoms with E-state index in [1.54, 1.807) is 18.3 Å². The molecular formula is C12H12F3N. The summed E-state index contributed by atoms with van der Waals surface area (Å²) in [6.07, 6.45) is -1.84. The Kier molecular flexibility index (Phi) is 2.66. The molecule has 0 aliphatic rings. The normalized spacial score (nSPS) is 12.2. The summed E-state index contributed by atoms with van der Waals surface area (Å²) in [4.78, 5) is 0. The van der Waals surface area contributed by atoms with Gasteiger partial charge in [-0.15, -0.1) is 0 Å². The molecule has 0 saturated carbocycles. The molecule has 2 rings (SSSR count). The van der Waals surface area contributed by atoms with Crippen LogP contribution in [0.2, 0.25) is 0 Å². The molecule has 0 radical (unpaired) electrons. The van der Waals surface area contributed by atoms with Crippen molar-refractivity contribution in [2.75, 3.05) is 0 Å². The number of nitrogens with zero attached hydrogens (tertiary/aromatic N) is 1. The smallest absolute Gasteiger partial charge is 0.338 e. The van der Waals surface area contributed by atoms with Crippen LogP contribution >= 0.6 is 0 Å². The predicted molar refractivity (Wildman–Crippen MR) is 57.4 cm³/mol. The van der Waals surface area contributed by atoms with Gasteiger partial charge in [-0.25, -0.2) is 0 Å². The summed E-state index contributed by atoms with van der Waals surface area (Å²) in [6.45, 7) is 1.02. The van der Waals surface area contributed by atoms with E-state index in [1.807, 2.05) is 19.1 Å². The number of alkyl halides is 3. The quantitative estimate of drug-likeness (QED) is 0.736. The maximum atomic E-state index is 12.4. The lowest BCUT2D eigenvalue weighted by Crippen LogP contribution is -2.16. The molecule has 0 spiro atoms. The minimum atomic E-state index is -4.17. The zero-order chi connectivity index (χ0) is 11.8. The zero-order valence-corrected chi connectivity index (χ0v) is 8.88. The SMILES string of the molecule is CCc1cn(CC(F)(F)F)c2ccccc12. The van der Waals surface area contributed by atoms with Crippen LogP contribution in [0.1, 0.15) is 12.5 Å². The summed E-state index contributed by atoms with van der Waals surface area (Å²) < 4.78 is 38.4. The second-order valence-corrected chi connectivity index (χ2v) is 3.77. The molecule has 16 heavy (non-hydrogen) atoms. The summed E-state index contributed by atoms with van der Waals surface area (Å²) in [7, 11) is 0. The van der Waals surface area contributed by atoms with E-state index in [0.29, 0.717) is 5.52 Å². The molecule has 0 saturated heterocycles. The largest absolute Gasteiger partial charge is 0.406 e. The number of rotatable bonds is 2. The standard InChI is InChI=1S/C12H12F3N/c1-2-9-7-16(8-12(13,14)15)11-6-4-3-5-10(9)11/h3-7H,2,8H2,1H3. The number of hydrogen-bond donors (Lipinski definition) is 0. The maximum absolute atomic E-state index is 12.4. The Bertz CT molecular complexity index is 496. The maximum Gasteiger partial charge on any atom is 0.406 e. The number of benzene rings is 1. The summed E-state index contributed by atoms with van der Waals surface area (Å²) in [5, 5.41) is 0.911. The number of fused-ring (bicyclic) bond motifs is 1. The fourth-order valence-electron chi connectivity index (χ4n) is 1.93. The average molecular weight is 227 g/mol. The van der Waals surface area contributed by atoms with Gasteiger partial charge in [-0.1, -0.05) is 25.1 Å². The van der Waals surface area contributed by atoms with E-state index in [2.05, 4.69) is 0 Å². The van der Waals surface area contributed by atoms with Crippen LogP contribution in [-0.2, 0) is 13.0 Å². The Morgan fingerprint density at radius 1 is 1.19 bits per heavy atom. The molecule has 1 aromatic heterocycles. The second kappa shape index (κ2) is 3.85. The number of aryl methyl sites for hydroxylation is 1. The van der Waals surface area contributed by atoms with Crippen LogP contribution in [0.3, 0.4) is 0 Å². The van der Waals surface area contributed by atoms with Crippen LogP contribution in [0.25, 0.3) is 10.9 Å². The van der Waals surface area contributed by atoms with Crippen LogP contribution in [0.5, 0.6) is 0 Å². The van der Waals surface area contributed by atoms with Crippen molar-refractivity contribution in [3.05, 3.63) is 36.0 Å². The molecule has 2 aromatic rings. The lowest BCUT2D eigenvalue weighted by Gasteiger charge is -2.08. The molecule has 1 nitrogen and oxygen atoms in total. The van der Waals surface area contributed by atoms with Crippen LogP contribution in [0.4, 0.5) is 13.2 Å². The molecule has 0 amide bonds.